The number of hydrogen-bond acceptors (Lipinski definition) is 1. The second-order valence-electron chi connectivity index (χ2n) is 5.94. The predicted octanol–water partition coefficient (Wildman–Crippen LogP) is 6.51. The van der Waals surface area contributed by atoms with Gasteiger partial charge in [-0.05, 0) is 59.0 Å². The van der Waals surface area contributed by atoms with Crippen molar-refractivity contribution in [1.29, 1.82) is 0 Å². The second-order valence-corrected chi connectivity index (χ2v) is 5.94. The zero-order valence-electron chi connectivity index (χ0n) is 16.7. The van der Waals surface area contributed by atoms with E-state index in [9.17, 15) is 18.0 Å². The normalized spacial score (nSPS) is 9.55. The molecule has 0 aromatic heterocycles. The smallest absolute Gasteiger partial charge is 0.251 e. The summed E-state index contributed by atoms with van der Waals surface area (Å²) in [6.07, 6.45) is 3.62. The topological polar surface area (TPSA) is 29.1 Å². The third kappa shape index (κ3) is 6.79. The van der Waals surface area contributed by atoms with Gasteiger partial charge in [0.05, 0.1) is 14.4 Å². The van der Waals surface area contributed by atoms with E-state index < -0.39 is 0 Å². The van der Waals surface area contributed by atoms with E-state index in [-0.39, 0.29) is 11.7 Å². The number of unbranched alkanes of at least 4 members (excludes halogenated alkanes) is 1. The summed E-state index contributed by atoms with van der Waals surface area (Å²) in [6.45, 7) is 4.31. The van der Waals surface area contributed by atoms with Crippen molar-refractivity contribution in [3.05, 3.63) is 84.7 Å². The Labute approximate surface area is 170 Å². The fourth-order valence-corrected chi connectivity index (χ4v) is 2.86. The summed E-state index contributed by atoms with van der Waals surface area (Å²) in [4.78, 5) is 12.3. The molecule has 0 saturated heterocycles. The molecule has 5 heteroatoms. The Kier molecular flexibility index (Phi) is 10.9. The van der Waals surface area contributed by atoms with Crippen LogP contribution in [0.2, 0.25) is 0 Å². The molecule has 0 unspecified atom stereocenters. The van der Waals surface area contributed by atoms with E-state index in [0.29, 0.717) is 26.5 Å². The Hall–Kier alpha value is -3.08. The molecule has 0 aliphatic carbocycles. The van der Waals surface area contributed by atoms with Crippen LogP contribution in [0.5, 0.6) is 0 Å². The minimum atomic E-state index is -0.251. The number of alkyl halides is 2. The molecule has 0 aliphatic heterocycles. The van der Waals surface area contributed by atoms with Gasteiger partial charge in [-0.15, -0.1) is 6.58 Å². The summed E-state index contributed by atoms with van der Waals surface area (Å²) in [7, 11) is 1.00. The molecule has 3 aromatic rings. The third-order valence-corrected chi connectivity index (χ3v) is 4.17. The Morgan fingerprint density at radius 3 is 2.34 bits per heavy atom. The highest BCUT2D eigenvalue weighted by atomic mass is 19.1. The second kappa shape index (κ2) is 13.2. The van der Waals surface area contributed by atoms with Crippen LogP contribution >= 0.6 is 0 Å². The lowest BCUT2D eigenvalue weighted by Crippen LogP contribution is -2.24. The summed E-state index contributed by atoms with van der Waals surface area (Å²) in [5.74, 6) is -0.322. The molecule has 0 saturated carbocycles. The van der Waals surface area contributed by atoms with Gasteiger partial charge in [0.25, 0.3) is 5.91 Å². The first-order valence-electron chi connectivity index (χ1n) is 9.12. The number of allylic oxidation sites excluding steroid dienone is 1. The largest absolute Gasteiger partial charge is 0.352 e. The monoisotopic (exact) mass is 401 g/mol. The molecule has 1 amide bonds. The van der Waals surface area contributed by atoms with Crippen molar-refractivity contribution >= 4 is 16.7 Å². The van der Waals surface area contributed by atoms with Crippen molar-refractivity contribution in [2.75, 3.05) is 20.9 Å². The zero-order valence-corrected chi connectivity index (χ0v) is 16.7. The highest BCUT2D eigenvalue weighted by Crippen LogP contribution is 2.29. The van der Waals surface area contributed by atoms with Crippen molar-refractivity contribution in [2.45, 2.75) is 12.8 Å². The number of halogens is 3. The average molecular weight is 401 g/mol. The molecular formula is C24H26F3NO. The quantitative estimate of drug-likeness (QED) is 0.370. The van der Waals surface area contributed by atoms with E-state index in [1.807, 2.05) is 42.5 Å². The first kappa shape index (κ1) is 24.0. The van der Waals surface area contributed by atoms with Crippen LogP contribution in [0.1, 0.15) is 23.2 Å². The Morgan fingerprint density at radius 2 is 1.69 bits per heavy atom. The van der Waals surface area contributed by atoms with Gasteiger partial charge >= 0.3 is 0 Å². The number of nitrogens with one attached hydrogen (secondary N) is 1. The molecule has 0 fully saturated rings. The van der Waals surface area contributed by atoms with E-state index in [0.717, 1.165) is 34.7 Å². The van der Waals surface area contributed by atoms with Gasteiger partial charge in [-0.2, -0.15) is 0 Å². The van der Waals surface area contributed by atoms with Crippen LogP contribution in [0.15, 0.2) is 73.3 Å². The Bertz CT molecular complexity index is 908. The lowest BCUT2D eigenvalue weighted by Gasteiger charge is -2.09. The van der Waals surface area contributed by atoms with Crippen molar-refractivity contribution in [2.24, 2.45) is 0 Å². The Morgan fingerprint density at radius 1 is 1.00 bits per heavy atom. The molecule has 0 spiro atoms. The third-order valence-electron chi connectivity index (χ3n) is 4.17. The van der Waals surface area contributed by atoms with Gasteiger partial charge < -0.3 is 5.32 Å². The van der Waals surface area contributed by atoms with Crippen LogP contribution < -0.4 is 5.32 Å². The van der Waals surface area contributed by atoms with Gasteiger partial charge in [0.2, 0.25) is 0 Å². The van der Waals surface area contributed by atoms with Crippen LogP contribution in [-0.4, -0.2) is 26.8 Å². The maximum atomic E-state index is 13.2. The predicted molar refractivity (Wildman–Crippen MR) is 115 cm³/mol. The van der Waals surface area contributed by atoms with Gasteiger partial charge in [0.15, 0.2) is 0 Å². The van der Waals surface area contributed by atoms with E-state index >= 15 is 0 Å². The lowest BCUT2D eigenvalue weighted by molar-refractivity contribution is 0.0953. The van der Waals surface area contributed by atoms with E-state index in [4.69, 9.17) is 0 Å². The van der Waals surface area contributed by atoms with Gasteiger partial charge in [-0.1, -0.05) is 42.5 Å². The summed E-state index contributed by atoms with van der Waals surface area (Å²) in [5.41, 5.74) is 2.62. The molecule has 3 aromatic carbocycles. The van der Waals surface area contributed by atoms with Gasteiger partial charge in [0.1, 0.15) is 5.82 Å². The van der Waals surface area contributed by atoms with E-state index in [1.54, 1.807) is 12.1 Å². The molecule has 0 radical (unpaired) electrons. The van der Waals surface area contributed by atoms with E-state index in [1.165, 1.54) is 12.1 Å². The highest BCUT2D eigenvalue weighted by Gasteiger charge is 2.08. The van der Waals surface area contributed by atoms with Crippen LogP contribution in [0.25, 0.3) is 21.9 Å². The molecular weight excluding hydrogens is 375 g/mol. The summed E-state index contributed by atoms with van der Waals surface area (Å²) < 4.78 is 32.2. The fourth-order valence-electron chi connectivity index (χ4n) is 2.86. The standard InChI is InChI=1S/C22H20FNO.2CH3F/c1-2-3-4-14-24-22(25)18-10-13-21-17(15-18)6-5-7-20(21)16-8-11-19(23)12-9-16;2*1-2/h2,5-13,15H,1,3-4,14H2,(H,24,25);2*1H3. The molecule has 0 aliphatic rings. The molecule has 1 N–H and O–H groups in total. The number of amides is 1. The molecule has 0 heterocycles. The molecule has 3 rings (SSSR count). The van der Waals surface area contributed by atoms with Crippen molar-refractivity contribution in [3.8, 4) is 11.1 Å². The number of rotatable bonds is 6. The van der Waals surface area contributed by atoms with Crippen molar-refractivity contribution in [3.63, 3.8) is 0 Å². The number of fused-ring (bicyclic) bond motifs is 1. The van der Waals surface area contributed by atoms with Crippen molar-refractivity contribution in [1.82, 2.24) is 5.32 Å². The maximum Gasteiger partial charge on any atom is 0.251 e. The first-order chi connectivity index (χ1) is 14.2. The number of hydrogen-bond donors (Lipinski definition) is 1. The number of benzene rings is 3. The van der Waals surface area contributed by atoms with Crippen LogP contribution in [0.3, 0.4) is 0 Å². The fraction of sp³-hybridized carbons (Fsp3) is 0.208. The van der Waals surface area contributed by atoms with Gasteiger partial charge in [-0.3, -0.25) is 13.6 Å². The molecule has 0 bridgehead atoms. The first-order valence-corrected chi connectivity index (χ1v) is 9.12. The van der Waals surface area contributed by atoms with E-state index in [2.05, 4.69) is 11.9 Å². The summed E-state index contributed by atoms with van der Waals surface area (Å²) in [5, 5.41) is 4.95. The van der Waals surface area contributed by atoms with Crippen LogP contribution in [0.4, 0.5) is 13.2 Å². The Balaban J connectivity index is 0.000000989. The number of carbonyl (C=O) groups is 1. The summed E-state index contributed by atoms with van der Waals surface area (Å²) >= 11 is 0. The zero-order chi connectivity index (χ0) is 21.6. The minimum Gasteiger partial charge on any atom is -0.352 e. The van der Waals surface area contributed by atoms with Crippen LogP contribution in [0, 0.1) is 5.82 Å². The maximum absolute atomic E-state index is 13.2. The molecule has 29 heavy (non-hydrogen) atoms. The van der Waals surface area contributed by atoms with Crippen molar-refractivity contribution < 1.29 is 18.0 Å². The highest BCUT2D eigenvalue weighted by molar-refractivity contribution is 6.02. The molecule has 154 valence electrons. The lowest BCUT2D eigenvalue weighted by atomic mass is 9.97. The van der Waals surface area contributed by atoms with Gasteiger partial charge in [-0.25, -0.2) is 4.39 Å². The molecule has 2 nitrogen and oxygen atoms in total. The average Bonchev–Trinajstić information content (AvgIpc) is 2.79. The SMILES string of the molecule is C=CCCCNC(=O)c1ccc2c(-c3ccc(F)cc3)cccc2c1.CF.CF. The van der Waals surface area contributed by atoms with Crippen LogP contribution in [-0.2, 0) is 0 Å². The molecule has 0 atom stereocenters. The number of carbonyl (C=O) groups excluding carboxylic acids is 1. The summed E-state index contributed by atoms with van der Waals surface area (Å²) in [6, 6.07) is 18.1. The van der Waals surface area contributed by atoms with Gasteiger partial charge in [0, 0.05) is 12.1 Å². The minimum absolute atomic E-state index is 0.0712.